The largest absolute Gasteiger partial charge is 0.330 e. The van der Waals surface area contributed by atoms with Crippen LogP contribution in [0.25, 0.3) is 10.6 Å². The maximum atomic E-state index is 13.0. The van der Waals surface area contributed by atoms with E-state index in [4.69, 9.17) is 0 Å². The molecule has 0 aliphatic heterocycles. The van der Waals surface area contributed by atoms with Crippen LogP contribution >= 0.6 is 11.3 Å². The first-order valence-corrected chi connectivity index (χ1v) is 9.29. The van der Waals surface area contributed by atoms with Crippen LogP contribution in [-0.4, -0.2) is 31.6 Å². The average Bonchev–Trinajstić information content (AvgIpc) is 3.14. The molecular formula is C19H20N4OS. The van der Waals surface area contributed by atoms with Crippen molar-refractivity contribution in [3.8, 4) is 10.6 Å². The molecule has 0 unspecified atom stereocenters. The zero-order valence-electron chi connectivity index (χ0n) is 14.3. The van der Waals surface area contributed by atoms with Crippen LogP contribution in [0.1, 0.15) is 34.5 Å². The molecule has 2 heterocycles. The van der Waals surface area contributed by atoms with Crippen molar-refractivity contribution in [2.75, 3.05) is 0 Å². The van der Waals surface area contributed by atoms with Gasteiger partial charge >= 0.3 is 0 Å². The summed E-state index contributed by atoms with van der Waals surface area (Å²) < 4.78 is 1.74. The molecule has 1 aliphatic carbocycles. The fraction of sp³-hybridized carbons (Fsp3) is 0.316. The lowest BCUT2D eigenvalue weighted by Crippen LogP contribution is -2.32. The number of carbonyl (C=O) groups is 1. The van der Waals surface area contributed by atoms with E-state index in [1.807, 2.05) is 29.6 Å². The van der Waals surface area contributed by atoms with Crippen molar-refractivity contribution in [1.82, 2.24) is 19.7 Å². The fourth-order valence-electron chi connectivity index (χ4n) is 2.94. The maximum Gasteiger partial charge on any atom is 0.273 e. The second-order valence-electron chi connectivity index (χ2n) is 6.59. The fourth-order valence-corrected chi connectivity index (χ4v) is 3.71. The minimum absolute atomic E-state index is 0.0235. The molecule has 25 heavy (non-hydrogen) atoms. The van der Waals surface area contributed by atoms with Gasteiger partial charge in [0.05, 0.1) is 6.20 Å². The molecule has 128 valence electrons. The van der Waals surface area contributed by atoms with E-state index in [-0.39, 0.29) is 5.91 Å². The summed E-state index contributed by atoms with van der Waals surface area (Å²) in [7, 11) is 1.87. The number of aryl methyl sites for hydroxylation is 2. The third-order valence-corrected chi connectivity index (χ3v) is 5.25. The topological polar surface area (TPSA) is 51.0 Å². The van der Waals surface area contributed by atoms with Crippen LogP contribution in [0, 0.1) is 6.92 Å². The molecule has 0 saturated heterocycles. The van der Waals surface area contributed by atoms with Crippen molar-refractivity contribution in [2.45, 2.75) is 32.4 Å². The lowest BCUT2D eigenvalue weighted by atomic mass is 10.1. The van der Waals surface area contributed by atoms with Crippen molar-refractivity contribution in [3.63, 3.8) is 0 Å². The Morgan fingerprint density at radius 1 is 1.40 bits per heavy atom. The molecule has 2 aromatic heterocycles. The van der Waals surface area contributed by atoms with Crippen LogP contribution in [0.2, 0.25) is 0 Å². The van der Waals surface area contributed by atoms with Gasteiger partial charge in [0.15, 0.2) is 0 Å². The predicted molar refractivity (Wildman–Crippen MR) is 98.4 cm³/mol. The molecule has 1 amide bonds. The Labute approximate surface area is 150 Å². The normalized spacial score (nSPS) is 13.8. The molecule has 6 heteroatoms. The minimum atomic E-state index is 0.0235. The summed E-state index contributed by atoms with van der Waals surface area (Å²) in [5.74, 6) is 0.0235. The number of hydrogen-bond donors (Lipinski definition) is 0. The lowest BCUT2D eigenvalue weighted by molar-refractivity contribution is 0.0725. The van der Waals surface area contributed by atoms with E-state index >= 15 is 0 Å². The molecule has 1 aromatic carbocycles. The van der Waals surface area contributed by atoms with Gasteiger partial charge in [0.2, 0.25) is 0 Å². The molecule has 0 atom stereocenters. The summed E-state index contributed by atoms with van der Waals surface area (Å²) in [5.41, 5.74) is 3.86. The monoisotopic (exact) mass is 352 g/mol. The first-order chi connectivity index (χ1) is 12.1. The SMILES string of the molecule is Cc1cccc(CN(C(=O)c2csc(-c3cnn(C)c3)n2)C2CC2)c1. The summed E-state index contributed by atoms with van der Waals surface area (Å²) in [6.07, 6.45) is 5.85. The molecule has 3 aromatic rings. The smallest absolute Gasteiger partial charge is 0.273 e. The summed E-state index contributed by atoms with van der Waals surface area (Å²) in [4.78, 5) is 19.5. The molecule has 0 bridgehead atoms. The van der Waals surface area contributed by atoms with Gasteiger partial charge in [0.1, 0.15) is 10.7 Å². The Balaban J connectivity index is 1.56. The summed E-state index contributed by atoms with van der Waals surface area (Å²) in [5, 5.41) is 6.87. The van der Waals surface area contributed by atoms with E-state index < -0.39 is 0 Å². The summed E-state index contributed by atoms with van der Waals surface area (Å²) in [6.45, 7) is 2.72. The predicted octanol–water partition coefficient (Wildman–Crippen LogP) is 3.66. The van der Waals surface area contributed by atoms with Gasteiger partial charge in [-0.3, -0.25) is 9.48 Å². The highest BCUT2D eigenvalue weighted by molar-refractivity contribution is 7.13. The maximum absolute atomic E-state index is 13.0. The van der Waals surface area contributed by atoms with Crippen LogP contribution < -0.4 is 0 Å². The van der Waals surface area contributed by atoms with Gasteiger partial charge < -0.3 is 4.90 Å². The number of benzene rings is 1. The van der Waals surface area contributed by atoms with Crippen molar-refractivity contribution in [1.29, 1.82) is 0 Å². The Morgan fingerprint density at radius 2 is 2.24 bits per heavy atom. The molecular weight excluding hydrogens is 332 g/mol. The number of aromatic nitrogens is 3. The van der Waals surface area contributed by atoms with Crippen LogP contribution in [0.3, 0.4) is 0 Å². The highest BCUT2D eigenvalue weighted by Crippen LogP contribution is 2.31. The first-order valence-electron chi connectivity index (χ1n) is 8.41. The molecule has 1 saturated carbocycles. The Morgan fingerprint density at radius 3 is 2.92 bits per heavy atom. The molecule has 1 aliphatic rings. The second kappa shape index (κ2) is 6.44. The minimum Gasteiger partial charge on any atom is -0.330 e. The van der Waals surface area contributed by atoms with Gasteiger partial charge in [0, 0.05) is 36.8 Å². The van der Waals surface area contributed by atoms with E-state index in [0.29, 0.717) is 18.3 Å². The van der Waals surface area contributed by atoms with E-state index in [0.717, 1.165) is 23.4 Å². The van der Waals surface area contributed by atoms with Crippen LogP contribution in [0.4, 0.5) is 0 Å². The number of rotatable bonds is 5. The van der Waals surface area contributed by atoms with Gasteiger partial charge in [-0.1, -0.05) is 29.8 Å². The second-order valence-corrected chi connectivity index (χ2v) is 7.45. The number of hydrogen-bond acceptors (Lipinski definition) is 4. The third-order valence-electron chi connectivity index (χ3n) is 4.36. The van der Waals surface area contributed by atoms with Crippen molar-refractivity contribution < 1.29 is 4.79 Å². The summed E-state index contributed by atoms with van der Waals surface area (Å²) >= 11 is 1.49. The Hall–Kier alpha value is -2.47. The van der Waals surface area contributed by atoms with Gasteiger partial charge in [0.25, 0.3) is 5.91 Å². The Bertz CT molecular complexity index is 910. The first kappa shape index (κ1) is 16.0. The molecule has 0 radical (unpaired) electrons. The van der Waals surface area contributed by atoms with Gasteiger partial charge in [-0.2, -0.15) is 5.10 Å². The number of nitrogens with zero attached hydrogens (tertiary/aromatic N) is 4. The van der Waals surface area contributed by atoms with Crippen LogP contribution in [0.15, 0.2) is 42.0 Å². The van der Waals surface area contributed by atoms with Gasteiger partial charge in [-0.05, 0) is 25.3 Å². The van der Waals surface area contributed by atoms with Crippen molar-refractivity contribution in [3.05, 3.63) is 58.9 Å². The Kier molecular flexibility index (Phi) is 4.13. The quantitative estimate of drug-likeness (QED) is 0.704. The van der Waals surface area contributed by atoms with Crippen molar-refractivity contribution >= 4 is 17.2 Å². The lowest BCUT2D eigenvalue weighted by Gasteiger charge is -2.21. The van der Waals surface area contributed by atoms with Crippen LogP contribution in [0.5, 0.6) is 0 Å². The highest BCUT2D eigenvalue weighted by Gasteiger charge is 2.34. The van der Waals surface area contributed by atoms with Crippen LogP contribution in [-0.2, 0) is 13.6 Å². The van der Waals surface area contributed by atoms with E-state index in [9.17, 15) is 4.79 Å². The molecule has 4 rings (SSSR count). The van der Waals surface area contributed by atoms with Crippen molar-refractivity contribution in [2.24, 2.45) is 7.05 Å². The molecule has 0 spiro atoms. The number of amides is 1. The molecule has 1 fully saturated rings. The zero-order valence-corrected chi connectivity index (χ0v) is 15.2. The van der Waals surface area contributed by atoms with E-state index in [1.54, 1.807) is 10.9 Å². The zero-order chi connectivity index (χ0) is 17.4. The number of thiazole rings is 1. The highest BCUT2D eigenvalue weighted by atomic mass is 32.1. The summed E-state index contributed by atoms with van der Waals surface area (Å²) in [6, 6.07) is 8.69. The molecule has 5 nitrogen and oxygen atoms in total. The van der Waals surface area contributed by atoms with Gasteiger partial charge in [-0.15, -0.1) is 11.3 Å². The van der Waals surface area contributed by atoms with E-state index in [1.165, 1.54) is 22.5 Å². The standard InChI is InChI=1S/C19H20N4OS/c1-13-4-3-5-14(8-13)10-23(16-6-7-16)19(24)17-12-25-18(21-17)15-9-20-22(2)11-15/h3-5,8-9,11-12,16H,6-7,10H2,1-2H3. The number of carbonyl (C=O) groups excluding carboxylic acids is 1. The average molecular weight is 352 g/mol. The van der Waals surface area contributed by atoms with E-state index in [2.05, 4.69) is 35.2 Å². The molecule has 0 N–H and O–H groups in total. The third kappa shape index (κ3) is 3.49. The van der Waals surface area contributed by atoms with Gasteiger partial charge in [-0.25, -0.2) is 4.98 Å².